The number of nitrogens with zero attached hydrogens (tertiary/aromatic N) is 1. The normalized spacial score (nSPS) is 19.9. The van der Waals surface area contributed by atoms with E-state index in [1.165, 1.54) is 12.7 Å². The van der Waals surface area contributed by atoms with Gasteiger partial charge in [0.2, 0.25) is 0 Å². The van der Waals surface area contributed by atoms with Gasteiger partial charge in [-0.15, -0.1) is 0 Å². The van der Waals surface area contributed by atoms with E-state index in [1.54, 1.807) is 24.3 Å². The molecule has 2 rings (SSSR count). The van der Waals surface area contributed by atoms with Crippen LogP contribution in [-0.2, 0) is 15.6 Å². The quantitative estimate of drug-likeness (QED) is 0.859. The topological polar surface area (TPSA) is 54.5 Å². The number of sulfone groups is 1. The Balaban J connectivity index is 2.20. The summed E-state index contributed by atoms with van der Waals surface area (Å²) in [6.07, 6.45) is 4.45. The number of hydrogen-bond acceptors (Lipinski definition) is 3. The van der Waals surface area contributed by atoms with Gasteiger partial charge in [-0.25, -0.2) is 8.42 Å². The van der Waals surface area contributed by atoms with Gasteiger partial charge in [0.25, 0.3) is 5.91 Å². The summed E-state index contributed by atoms with van der Waals surface area (Å²) < 4.78 is 22.7. The Hall–Kier alpha value is -1.36. The number of hydrogen-bond donors (Lipinski definition) is 0. The summed E-state index contributed by atoms with van der Waals surface area (Å²) in [5.74, 6) is -0.0171. The Kier molecular flexibility index (Phi) is 4.48. The zero-order valence-electron chi connectivity index (χ0n) is 12.0. The van der Waals surface area contributed by atoms with E-state index >= 15 is 0 Å². The average Bonchev–Trinajstić information content (AvgIpc) is 2.37. The average molecular weight is 295 g/mol. The molecule has 0 aromatic heterocycles. The minimum absolute atomic E-state index is 0.00699. The summed E-state index contributed by atoms with van der Waals surface area (Å²) in [5.41, 5.74) is 1.25. The summed E-state index contributed by atoms with van der Waals surface area (Å²) in [5, 5.41) is 0. The molecule has 1 aliphatic rings. The second-order valence-corrected chi connectivity index (χ2v) is 7.75. The number of carbonyl (C=O) groups is 1. The molecule has 0 bridgehead atoms. The van der Waals surface area contributed by atoms with Crippen LogP contribution >= 0.6 is 0 Å². The SMILES string of the molecule is C[C@@H]1CCCCN1C(=O)c1cccc(CS(C)(=O)=O)c1. The highest BCUT2D eigenvalue weighted by Gasteiger charge is 2.24. The molecule has 1 aromatic carbocycles. The van der Waals surface area contributed by atoms with Crippen LogP contribution in [-0.4, -0.2) is 38.1 Å². The maximum atomic E-state index is 12.5. The fourth-order valence-corrected chi connectivity index (χ4v) is 3.45. The van der Waals surface area contributed by atoms with Gasteiger partial charge in [-0.05, 0) is 43.9 Å². The molecule has 0 N–H and O–H groups in total. The lowest BCUT2D eigenvalue weighted by molar-refractivity contribution is 0.0635. The lowest BCUT2D eigenvalue weighted by atomic mass is 10.0. The zero-order valence-corrected chi connectivity index (χ0v) is 12.8. The van der Waals surface area contributed by atoms with Crippen LogP contribution in [0.1, 0.15) is 42.1 Å². The van der Waals surface area contributed by atoms with E-state index in [2.05, 4.69) is 6.92 Å². The summed E-state index contributed by atoms with van der Waals surface area (Å²) in [6.45, 7) is 2.85. The smallest absolute Gasteiger partial charge is 0.254 e. The van der Waals surface area contributed by atoms with Gasteiger partial charge in [0.05, 0.1) is 5.75 Å². The molecular formula is C15H21NO3S. The summed E-state index contributed by atoms with van der Waals surface area (Å²) in [7, 11) is -3.08. The van der Waals surface area contributed by atoms with Crippen LogP contribution in [0.2, 0.25) is 0 Å². The Morgan fingerprint density at radius 3 is 2.75 bits per heavy atom. The molecule has 20 heavy (non-hydrogen) atoms. The summed E-state index contributed by atoms with van der Waals surface area (Å²) in [4.78, 5) is 14.4. The first-order chi connectivity index (χ1) is 9.37. The van der Waals surface area contributed by atoms with Gasteiger partial charge in [0.15, 0.2) is 9.84 Å². The van der Waals surface area contributed by atoms with Crippen molar-refractivity contribution in [2.45, 2.75) is 38.0 Å². The summed E-state index contributed by atoms with van der Waals surface area (Å²) >= 11 is 0. The largest absolute Gasteiger partial charge is 0.336 e. The van der Waals surface area contributed by atoms with Gasteiger partial charge in [-0.1, -0.05) is 12.1 Å². The highest BCUT2D eigenvalue weighted by atomic mass is 32.2. The molecule has 0 aliphatic carbocycles. The molecule has 1 fully saturated rings. The first-order valence-corrected chi connectivity index (χ1v) is 9.00. The Morgan fingerprint density at radius 2 is 2.10 bits per heavy atom. The Morgan fingerprint density at radius 1 is 1.35 bits per heavy atom. The Bertz CT molecular complexity index is 595. The highest BCUT2D eigenvalue weighted by Crippen LogP contribution is 2.20. The molecule has 5 heteroatoms. The van der Waals surface area contributed by atoms with E-state index in [9.17, 15) is 13.2 Å². The Labute approximate surface area is 120 Å². The van der Waals surface area contributed by atoms with Crippen molar-refractivity contribution in [2.24, 2.45) is 0 Å². The van der Waals surface area contributed by atoms with E-state index < -0.39 is 9.84 Å². The standard InChI is InChI=1S/C15H21NO3S/c1-12-6-3-4-9-16(12)15(17)14-8-5-7-13(10-14)11-20(2,18)19/h5,7-8,10,12H,3-4,6,9,11H2,1-2H3/t12-/m1/s1. The molecule has 1 amide bonds. The third-order valence-electron chi connectivity index (χ3n) is 3.67. The highest BCUT2D eigenvalue weighted by molar-refractivity contribution is 7.89. The molecule has 0 radical (unpaired) electrons. The molecule has 110 valence electrons. The van der Waals surface area contributed by atoms with Crippen molar-refractivity contribution in [3.63, 3.8) is 0 Å². The minimum atomic E-state index is -3.08. The van der Waals surface area contributed by atoms with E-state index in [-0.39, 0.29) is 17.7 Å². The van der Waals surface area contributed by atoms with Crippen LogP contribution in [0.4, 0.5) is 0 Å². The van der Waals surface area contributed by atoms with Gasteiger partial charge >= 0.3 is 0 Å². The van der Waals surface area contributed by atoms with Crippen molar-refractivity contribution in [1.82, 2.24) is 4.90 Å². The molecule has 1 atom stereocenters. The van der Waals surface area contributed by atoms with E-state index in [1.807, 2.05) is 4.90 Å². The van der Waals surface area contributed by atoms with Crippen LogP contribution < -0.4 is 0 Å². The van der Waals surface area contributed by atoms with Crippen molar-refractivity contribution in [3.8, 4) is 0 Å². The summed E-state index contributed by atoms with van der Waals surface area (Å²) in [6, 6.07) is 7.22. The number of likely N-dealkylation sites (tertiary alicyclic amines) is 1. The van der Waals surface area contributed by atoms with Gasteiger partial charge in [0, 0.05) is 24.4 Å². The number of carbonyl (C=O) groups excluding carboxylic acids is 1. The lowest BCUT2D eigenvalue weighted by Gasteiger charge is -2.33. The van der Waals surface area contributed by atoms with Crippen LogP contribution in [0.5, 0.6) is 0 Å². The van der Waals surface area contributed by atoms with Crippen LogP contribution in [0.3, 0.4) is 0 Å². The van der Waals surface area contributed by atoms with Crippen molar-refractivity contribution in [1.29, 1.82) is 0 Å². The predicted octanol–water partition coefficient (Wildman–Crippen LogP) is 2.25. The van der Waals surface area contributed by atoms with Gasteiger partial charge in [-0.2, -0.15) is 0 Å². The second-order valence-electron chi connectivity index (χ2n) is 5.61. The fraction of sp³-hybridized carbons (Fsp3) is 0.533. The van der Waals surface area contributed by atoms with Gasteiger partial charge < -0.3 is 4.90 Å². The lowest BCUT2D eigenvalue weighted by Crippen LogP contribution is -2.42. The minimum Gasteiger partial charge on any atom is -0.336 e. The first kappa shape index (κ1) is 15.0. The maximum absolute atomic E-state index is 12.5. The van der Waals surface area contributed by atoms with E-state index in [0.717, 1.165) is 19.4 Å². The fourth-order valence-electron chi connectivity index (χ4n) is 2.66. The second kappa shape index (κ2) is 5.95. The van der Waals surface area contributed by atoms with E-state index in [4.69, 9.17) is 0 Å². The van der Waals surface area contributed by atoms with Crippen LogP contribution in [0, 0.1) is 0 Å². The van der Waals surface area contributed by atoms with Crippen molar-refractivity contribution >= 4 is 15.7 Å². The monoisotopic (exact) mass is 295 g/mol. The first-order valence-electron chi connectivity index (χ1n) is 6.94. The van der Waals surface area contributed by atoms with Crippen LogP contribution in [0.25, 0.3) is 0 Å². The molecule has 1 aromatic rings. The molecule has 0 saturated carbocycles. The number of rotatable bonds is 3. The molecule has 1 aliphatic heterocycles. The van der Waals surface area contributed by atoms with Crippen LogP contribution in [0.15, 0.2) is 24.3 Å². The van der Waals surface area contributed by atoms with Crippen molar-refractivity contribution < 1.29 is 13.2 Å². The zero-order chi connectivity index (χ0) is 14.8. The molecule has 1 saturated heterocycles. The molecule has 0 unspecified atom stereocenters. The van der Waals surface area contributed by atoms with Gasteiger partial charge in [-0.3, -0.25) is 4.79 Å². The van der Waals surface area contributed by atoms with Crippen molar-refractivity contribution in [3.05, 3.63) is 35.4 Å². The molecule has 0 spiro atoms. The number of amides is 1. The molecular weight excluding hydrogens is 274 g/mol. The van der Waals surface area contributed by atoms with Gasteiger partial charge in [0.1, 0.15) is 0 Å². The third-order valence-corrected chi connectivity index (χ3v) is 4.52. The molecule has 4 nitrogen and oxygen atoms in total. The van der Waals surface area contributed by atoms with E-state index in [0.29, 0.717) is 11.1 Å². The number of piperidine rings is 1. The van der Waals surface area contributed by atoms with Crippen molar-refractivity contribution in [2.75, 3.05) is 12.8 Å². The maximum Gasteiger partial charge on any atom is 0.254 e. The third kappa shape index (κ3) is 3.82. The molecule has 1 heterocycles. The number of benzene rings is 1. The predicted molar refractivity (Wildman–Crippen MR) is 79.3 cm³/mol.